The highest BCUT2D eigenvalue weighted by molar-refractivity contribution is 6.08. The highest BCUT2D eigenvalue weighted by atomic mass is 35.5. The molecule has 0 amide bonds. The number of fused-ring (bicyclic) bond motifs is 1. The molecule has 0 fully saturated rings. The quantitative estimate of drug-likeness (QED) is 0.234. The molecule has 0 aliphatic rings. The lowest BCUT2D eigenvalue weighted by molar-refractivity contribution is -0.384. The van der Waals surface area contributed by atoms with Crippen molar-refractivity contribution in [1.82, 2.24) is 0 Å². The molecule has 3 aromatic carbocycles. The van der Waals surface area contributed by atoms with Crippen LogP contribution in [0.2, 0.25) is 0 Å². The molecule has 8 nitrogen and oxygen atoms in total. The predicted molar refractivity (Wildman–Crippen MR) is 113 cm³/mol. The van der Waals surface area contributed by atoms with Crippen molar-refractivity contribution >= 4 is 51.6 Å². The van der Waals surface area contributed by atoms with Crippen LogP contribution >= 0.6 is 12.4 Å². The van der Waals surface area contributed by atoms with Crippen LogP contribution in [0.1, 0.15) is 16.7 Å². The molecule has 0 bridgehead atoms. The van der Waals surface area contributed by atoms with E-state index in [2.05, 4.69) is 10.2 Å². The lowest BCUT2D eigenvalue weighted by atomic mass is 9.93. The van der Waals surface area contributed by atoms with Crippen LogP contribution in [0.4, 0.5) is 28.4 Å². The number of non-ortho nitro benzene ring substituents is 1. The minimum Gasteiger partial charge on any atom is -0.507 e. The first kappa shape index (κ1) is 20.9. The molecular formula is C19H20ClN5O3. The van der Waals surface area contributed by atoms with E-state index >= 15 is 0 Å². The fourth-order valence-electron chi connectivity index (χ4n) is 3.13. The molecule has 3 aromatic rings. The number of azo groups is 1. The summed E-state index contributed by atoms with van der Waals surface area (Å²) < 4.78 is 0. The van der Waals surface area contributed by atoms with E-state index in [0.717, 1.165) is 10.9 Å². The van der Waals surface area contributed by atoms with Gasteiger partial charge in [0.2, 0.25) is 0 Å². The van der Waals surface area contributed by atoms with E-state index < -0.39 is 4.92 Å². The predicted octanol–water partition coefficient (Wildman–Crippen LogP) is 5.38. The SMILES string of the molecule is Cc1c(O)c(C)c2c(N)cc(N=Nc3cccc([N+](=O)[O-])c3)c(C)c2c1N.Cl. The molecular weight excluding hydrogens is 382 g/mol. The number of nitrogen functional groups attached to an aromatic ring is 2. The summed E-state index contributed by atoms with van der Waals surface area (Å²) in [6, 6.07) is 7.54. The van der Waals surface area contributed by atoms with Crippen LogP contribution in [0.3, 0.4) is 0 Å². The number of rotatable bonds is 3. The van der Waals surface area contributed by atoms with Gasteiger partial charge in [-0.3, -0.25) is 10.1 Å². The van der Waals surface area contributed by atoms with Gasteiger partial charge in [-0.15, -0.1) is 12.4 Å². The van der Waals surface area contributed by atoms with Crippen molar-refractivity contribution in [3.63, 3.8) is 0 Å². The highest BCUT2D eigenvalue weighted by Gasteiger charge is 2.18. The van der Waals surface area contributed by atoms with Gasteiger partial charge in [-0.2, -0.15) is 10.2 Å². The Morgan fingerprint density at radius 3 is 2.32 bits per heavy atom. The number of aromatic hydroxyl groups is 1. The summed E-state index contributed by atoms with van der Waals surface area (Å²) in [4.78, 5) is 10.4. The molecule has 0 saturated heterocycles. The van der Waals surface area contributed by atoms with E-state index in [-0.39, 0.29) is 23.8 Å². The molecule has 0 aromatic heterocycles. The molecule has 0 aliphatic heterocycles. The standard InChI is InChI=1S/C19H19N5O3.ClH/c1-9-15(23-22-12-5-4-6-13(7-12)24(26)27)8-14(20)16-10(2)19(25)11(3)18(21)17(9)16;/h4-8,25H,20-21H2,1-3H3;1H. The largest absolute Gasteiger partial charge is 0.507 e. The first-order chi connectivity index (χ1) is 12.7. The summed E-state index contributed by atoms with van der Waals surface area (Å²) in [5.41, 5.74) is 16.1. The van der Waals surface area contributed by atoms with E-state index in [1.54, 1.807) is 32.0 Å². The number of nitrogens with two attached hydrogens (primary N) is 2. The second-order valence-corrected chi connectivity index (χ2v) is 6.35. The van der Waals surface area contributed by atoms with E-state index in [1.165, 1.54) is 12.1 Å². The maximum atomic E-state index is 10.9. The zero-order chi connectivity index (χ0) is 19.9. The Labute approximate surface area is 167 Å². The third-order valence-electron chi connectivity index (χ3n) is 4.66. The monoisotopic (exact) mass is 401 g/mol. The van der Waals surface area contributed by atoms with Gasteiger partial charge in [-0.05, 0) is 38.5 Å². The summed E-state index contributed by atoms with van der Waals surface area (Å²) in [6.07, 6.45) is 0. The molecule has 0 saturated carbocycles. The first-order valence-electron chi connectivity index (χ1n) is 8.19. The van der Waals surface area contributed by atoms with Gasteiger partial charge in [-0.25, -0.2) is 0 Å². The minimum absolute atomic E-state index is 0. The van der Waals surface area contributed by atoms with Crippen LogP contribution in [0, 0.1) is 30.9 Å². The molecule has 5 N–H and O–H groups in total. The number of anilines is 2. The van der Waals surface area contributed by atoms with Crippen molar-refractivity contribution in [2.45, 2.75) is 20.8 Å². The number of hydrogen-bond donors (Lipinski definition) is 3. The molecule has 0 aliphatic carbocycles. The van der Waals surface area contributed by atoms with Crippen LogP contribution in [-0.4, -0.2) is 10.0 Å². The maximum absolute atomic E-state index is 10.9. The van der Waals surface area contributed by atoms with Crippen molar-refractivity contribution in [3.8, 4) is 5.75 Å². The smallest absolute Gasteiger partial charge is 0.271 e. The lowest BCUT2D eigenvalue weighted by Crippen LogP contribution is -1.99. The zero-order valence-electron chi connectivity index (χ0n) is 15.6. The van der Waals surface area contributed by atoms with Gasteiger partial charge < -0.3 is 16.6 Å². The Balaban J connectivity index is 0.00000280. The summed E-state index contributed by atoms with van der Waals surface area (Å²) in [5, 5.41) is 30.9. The molecule has 28 heavy (non-hydrogen) atoms. The Morgan fingerprint density at radius 2 is 1.68 bits per heavy atom. The number of benzene rings is 3. The summed E-state index contributed by atoms with van der Waals surface area (Å²) in [5.74, 6) is 0.122. The van der Waals surface area contributed by atoms with Gasteiger partial charge in [0, 0.05) is 45.4 Å². The summed E-state index contributed by atoms with van der Waals surface area (Å²) in [7, 11) is 0. The van der Waals surface area contributed by atoms with E-state index in [4.69, 9.17) is 11.5 Å². The van der Waals surface area contributed by atoms with Crippen molar-refractivity contribution in [2.24, 2.45) is 10.2 Å². The van der Waals surface area contributed by atoms with Crippen LogP contribution in [0.15, 0.2) is 40.6 Å². The second kappa shape index (κ2) is 7.69. The molecule has 9 heteroatoms. The Bertz CT molecular complexity index is 1130. The van der Waals surface area contributed by atoms with Crippen molar-refractivity contribution in [2.75, 3.05) is 11.5 Å². The average Bonchev–Trinajstić information content (AvgIpc) is 2.64. The lowest BCUT2D eigenvalue weighted by Gasteiger charge is -2.17. The van der Waals surface area contributed by atoms with Crippen LogP contribution < -0.4 is 11.5 Å². The molecule has 0 radical (unpaired) electrons. The number of aryl methyl sites for hydroxylation is 2. The minimum atomic E-state index is -0.489. The third-order valence-corrected chi connectivity index (χ3v) is 4.66. The van der Waals surface area contributed by atoms with Gasteiger partial charge in [-0.1, -0.05) is 6.07 Å². The van der Waals surface area contributed by atoms with Gasteiger partial charge in [0.15, 0.2) is 0 Å². The number of nitrogens with zero attached hydrogens (tertiary/aromatic N) is 3. The van der Waals surface area contributed by atoms with E-state index in [0.29, 0.717) is 39.3 Å². The summed E-state index contributed by atoms with van der Waals surface area (Å²) >= 11 is 0. The van der Waals surface area contributed by atoms with Gasteiger partial charge in [0.1, 0.15) is 5.75 Å². The highest BCUT2D eigenvalue weighted by Crippen LogP contribution is 2.43. The maximum Gasteiger partial charge on any atom is 0.271 e. The van der Waals surface area contributed by atoms with E-state index in [9.17, 15) is 15.2 Å². The number of phenolic OH excluding ortho intramolecular Hbond substituents is 1. The summed E-state index contributed by atoms with van der Waals surface area (Å²) in [6.45, 7) is 5.37. The Kier molecular flexibility index (Phi) is 5.75. The second-order valence-electron chi connectivity index (χ2n) is 6.35. The molecule has 0 heterocycles. The Hall–Kier alpha value is -3.39. The van der Waals surface area contributed by atoms with Gasteiger partial charge in [0.25, 0.3) is 5.69 Å². The number of halogens is 1. The number of phenols is 1. The van der Waals surface area contributed by atoms with Crippen molar-refractivity contribution in [3.05, 3.63) is 57.1 Å². The molecule has 0 unspecified atom stereocenters. The number of hydrogen-bond acceptors (Lipinski definition) is 7. The molecule has 0 atom stereocenters. The fourth-order valence-corrected chi connectivity index (χ4v) is 3.13. The first-order valence-corrected chi connectivity index (χ1v) is 8.19. The Morgan fingerprint density at radius 1 is 1.00 bits per heavy atom. The molecule has 3 rings (SSSR count). The van der Waals surface area contributed by atoms with E-state index in [1.807, 2.05) is 6.92 Å². The van der Waals surface area contributed by atoms with Gasteiger partial charge in [0.05, 0.1) is 16.3 Å². The fraction of sp³-hybridized carbons (Fsp3) is 0.158. The van der Waals surface area contributed by atoms with Gasteiger partial charge >= 0.3 is 0 Å². The van der Waals surface area contributed by atoms with Crippen LogP contribution in [0.25, 0.3) is 10.8 Å². The van der Waals surface area contributed by atoms with Crippen molar-refractivity contribution < 1.29 is 10.0 Å². The molecule has 146 valence electrons. The van der Waals surface area contributed by atoms with Crippen LogP contribution in [-0.2, 0) is 0 Å². The zero-order valence-corrected chi connectivity index (χ0v) is 16.4. The number of nitro benzene ring substituents is 1. The van der Waals surface area contributed by atoms with Crippen molar-refractivity contribution in [1.29, 1.82) is 0 Å². The topological polar surface area (TPSA) is 140 Å². The number of nitro groups is 1. The van der Waals surface area contributed by atoms with Crippen LogP contribution in [0.5, 0.6) is 5.75 Å². The third kappa shape index (κ3) is 3.41. The average molecular weight is 402 g/mol. The normalized spacial score (nSPS) is 11.0. The molecule has 0 spiro atoms.